The normalized spacial score (nSPS) is 24.6. The SMILES string of the molecule is NC(=O)C#Cc1cc2ccc(C(=O)N[C@@H]3C[C@H]4CC[C@@H]3N4)cc2s1. The van der Waals surface area contributed by atoms with Gasteiger partial charge in [-0.3, -0.25) is 9.59 Å². The first kappa shape index (κ1) is 15.2. The highest BCUT2D eigenvalue weighted by molar-refractivity contribution is 7.19. The van der Waals surface area contributed by atoms with Crippen LogP contribution in [0, 0.1) is 11.8 Å². The maximum Gasteiger partial charge on any atom is 0.293 e. The molecule has 2 saturated heterocycles. The number of carbonyl (C=O) groups excluding carboxylic acids is 2. The average Bonchev–Trinajstić information content (AvgIpc) is 3.26. The predicted molar refractivity (Wildman–Crippen MR) is 93.7 cm³/mol. The van der Waals surface area contributed by atoms with E-state index in [9.17, 15) is 9.59 Å². The summed E-state index contributed by atoms with van der Waals surface area (Å²) in [5.41, 5.74) is 5.69. The van der Waals surface area contributed by atoms with E-state index in [2.05, 4.69) is 22.5 Å². The van der Waals surface area contributed by atoms with Gasteiger partial charge in [-0.25, -0.2) is 0 Å². The Balaban J connectivity index is 1.53. The third-order valence-corrected chi connectivity index (χ3v) is 5.72. The molecule has 0 saturated carbocycles. The lowest BCUT2D eigenvalue weighted by Crippen LogP contribution is -2.42. The molecule has 2 aliphatic heterocycles. The topological polar surface area (TPSA) is 84.2 Å². The Morgan fingerprint density at radius 1 is 1.29 bits per heavy atom. The molecule has 122 valence electrons. The second kappa shape index (κ2) is 5.93. The van der Waals surface area contributed by atoms with Gasteiger partial charge in [-0.05, 0) is 48.8 Å². The molecule has 2 aromatic rings. The van der Waals surface area contributed by atoms with Crippen molar-refractivity contribution >= 4 is 33.2 Å². The highest BCUT2D eigenvalue weighted by atomic mass is 32.1. The first-order valence-corrected chi connectivity index (χ1v) is 8.82. The molecule has 2 aliphatic rings. The molecule has 2 bridgehead atoms. The number of benzene rings is 1. The fourth-order valence-corrected chi connectivity index (χ4v) is 4.55. The Morgan fingerprint density at radius 2 is 2.17 bits per heavy atom. The number of fused-ring (bicyclic) bond motifs is 3. The van der Waals surface area contributed by atoms with Crippen LogP contribution in [0.25, 0.3) is 10.1 Å². The number of nitrogens with one attached hydrogen (secondary N) is 2. The lowest BCUT2D eigenvalue weighted by Gasteiger charge is -2.21. The van der Waals surface area contributed by atoms with Crippen molar-refractivity contribution in [2.45, 2.75) is 37.4 Å². The van der Waals surface area contributed by atoms with Gasteiger partial charge < -0.3 is 16.4 Å². The van der Waals surface area contributed by atoms with E-state index in [4.69, 9.17) is 5.73 Å². The molecule has 2 amide bonds. The van der Waals surface area contributed by atoms with Crippen molar-refractivity contribution in [2.24, 2.45) is 5.73 Å². The van der Waals surface area contributed by atoms with E-state index >= 15 is 0 Å². The molecule has 0 unspecified atom stereocenters. The van der Waals surface area contributed by atoms with Crippen LogP contribution in [0.5, 0.6) is 0 Å². The number of amides is 2. The molecular formula is C18H17N3O2S. The Bertz CT molecular complexity index is 893. The summed E-state index contributed by atoms with van der Waals surface area (Å²) < 4.78 is 0.975. The maximum atomic E-state index is 12.5. The molecule has 3 atom stereocenters. The Kier molecular flexibility index (Phi) is 3.75. The van der Waals surface area contributed by atoms with Crippen molar-refractivity contribution in [1.29, 1.82) is 0 Å². The second-order valence-corrected chi connectivity index (χ2v) is 7.42. The van der Waals surface area contributed by atoms with Crippen LogP contribution in [0.3, 0.4) is 0 Å². The van der Waals surface area contributed by atoms with E-state index in [0.717, 1.165) is 27.8 Å². The first-order chi connectivity index (χ1) is 11.6. The van der Waals surface area contributed by atoms with Gasteiger partial charge in [0, 0.05) is 34.3 Å². The van der Waals surface area contributed by atoms with E-state index in [1.54, 1.807) is 0 Å². The van der Waals surface area contributed by atoms with Crippen molar-refractivity contribution in [1.82, 2.24) is 10.6 Å². The average molecular weight is 339 g/mol. The summed E-state index contributed by atoms with van der Waals surface area (Å²) in [6.07, 6.45) is 3.37. The molecule has 0 radical (unpaired) electrons. The van der Waals surface area contributed by atoms with Crippen LogP contribution in [0.1, 0.15) is 34.5 Å². The molecule has 1 aromatic heterocycles. The summed E-state index contributed by atoms with van der Waals surface area (Å²) >= 11 is 1.45. The number of carbonyl (C=O) groups is 2. The summed E-state index contributed by atoms with van der Waals surface area (Å²) in [4.78, 5) is 24.0. The van der Waals surface area contributed by atoms with Gasteiger partial charge in [0.1, 0.15) is 0 Å². The van der Waals surface area contributed by atoms with E-state index < -0.39 is 5.91 Å². The van der Waals surface area contributed by atoms with Gasteiger partial charge in [0.15, 0.2) is 0 Å². The van der Waals surface area contributed by atoms with Gasteiger partial charge >= 0.3 is 0 Å². The molecule has 0 spiro atoms. The number of thiophene rings is 1. The van der Waals surface area contributed by atoms with Crippen molar-refractivity contribution in [2.75, 3.05) is 0 Å². The summed E-state index contributed by atoms with van der Waals surface area (Å²) in [5, 5.41) is 7.68. The van der Waals surface area contributed by atoms with Crippen LogP contribution in [0.2, 0.25) is 0 Å². The zero-order valence-electron chi connectivity index (χ0n) is 13.0. The Hall–Kier alpha value is -2.36. The minimum Gasteiger partial charge on any atom is -0.359 e. The van der Waals surface area contributed by atoms with Crippen LogP contribution < -0.4 is 16.4 Å². The Labute approximate surface area is 143 Å². The van der Waals surface area contributed by atoms with Crippen LogP contribution in [0.15, 0.2) is 24.3 Å². The van der Waals surface area contributed by atoms with Crippen LogP contribution >= 0.6 is 11.3 Å². The summed E-state index contributed by atoms with van der Waals surface area (Å²) in [6.45, 7) is 0. The monoisotopic (exact) mass is 339 g/mol. The van der Waals surface area contributed by atoms with Crippen molar-refractivity contribution in [3.8, 4) is 11.8 Å². The minimum atomic E-state index is -0.646. The highest BCUT2D eigenvalue weighted by Crippen LogP contribution is 2.29. The molecule has 6 heteroatoms. The highest BCUT2D eigenvalue weighted by Gasteiger charge is 2.39. The van der Waals surface area contributed by atoms with Gasteiger partial charge in [0.25, 0.3) is 11.8 Å². The molecule has 0 aliphatic carbocycles. The lowest BCUT2D eigenvalue weighted by atomic mass is 9.95. The van der Waals surface area contributed by atoms with Gasteiger partial charge in [-0.2, -0.15) is 0 Å². The van der Waals surface area contributed by atoms with E-state index in [0.29, 0.717) is 17.6 Å². The summed E-state index contributed by atoms with van der Waals surface area (Å²) in [7, 11) is 0. The number of hydrogen-bond acceptors (Lipinski definition) is 4. The molecule has 4 rings (SSSR count). The number of primary amides is 1. The van der Waals surface area contributed by atoms with E-state index in [1.165, 1.54) is 17.8 Å². The third kappa shape index (κ3) is 2.88. The zero-order valence-corrected chi connectivity index (χ0v) is 13.8. The van der Waals surface area contributed by atoms with Gasteiger partial charge in [0.05, 0.1) is 4.88 Å². The predicted octanol–water partition coefficient (Wildman–Crippen LogP) is 1.36. The summed E-state index contributed by atoms with van der Waals surface area (Å²) in [6, 6.07) is 8.73. The quantitative estimate of drug-likeness (QED) is 0.723. The smallest absolute Gasteiger partial charge is 0.293 e. The second-order valence-electron chi connectivity index (χ2n) is 6.34. The third-order valence-electron chi connectivity index (χ3n) is 4.71. The molecular weight excluding hydrogens is 322 g/mol. The van der Waals surface area contributed by atoms with Crippen molar-refractivity contribution in [3.63, 3.8) is 0 Å². The number of nitrogens with two attached hydrogens (primary N) is 1. The molecule has 5 nitrogen and oxygen atoms in total. The Morgan fingerprint density at radius 3 is 2.88 bits per heavy atom. The van der Waals surface area contributed by atoms with Gasteiger partial charge in [-0.15, -0.1) is 11.3 Å². The number of rotatable bonds is 2. The van der Waals surface area contributed by atoms with Gasteiger partial charge in [0.2, 0.25) is 0 Å². The zero-order chi connectivity index (χ0) is 16.7. The number of hydrogen-bond donors (Lipinski definition) is 3. The van der Waals surface area contributed by atoms with E-state index in [1.807, 2.05) is 24.3 Å². The molecule has 3 heterocycles. The molecule has 4 N–H and O–H groups in total. The van der Waals surface area contributed by atoms with Crippen LogP contribution in [-0.2, 0) is 4.79 Å². The fraction of sp³-hybridized carbons (Fsp3) is 0.333. The molecule has 2 fully saturated rings. The van der Waals surface area contributed by atoms with Crippen LogP contribution in [-0.4, -0.2) is 29.9 Å². The van der Waals surface area contributed by atoms with Crippen molar-refractivity contribution < 1.29 is 9.59 Å². The van der Waals surface area contributed by atoms with E-state index in [-0.39, 0.29) is 11.9 Å². The largest absolute Gasteiger partial charge is 0.359 e. The summed E-state index contributed by atoms with van der Waals surface area (Å²) in [5.74, 6) is 4.40. The van der Waals surface area contributed by atoms with Crippen LogP contribution in [0.4, 0.5) is 0 Å². The van der Waals surface area contributed by atoms with Crippen molar-refractivity contribution in [3.05, 3.63) is 34.7 Å². The maximum absolute atomic E-state index is 12.5. The lowest BCUT2D eigenvalue weighted by molar-refractivity contribution is -0.112. The molecule has 24 heavy (non-hydrogen) atoms. The standard InChI is InChI=1S/C18H17N3O2S/c19-17(22)6-4-13-7-10-1-2-11(8-16(10)24-13)18(23)21-15-9-12-3-5-14(15)20-12/h1-2,7-8,12,14-15,20H,3,5,9H2,(H2,19,22)(H,21,23)/t12-,14+,15-/m1/s1. The molecule has 1 aromatic carbocycles. The minimum absolute atomic E-state index is 0.0329. The first-order valence-electron chi connectivity index (χ1n) is 8.00. The van der Waals surface area contributed by atoms with Gasteiger partial charge in [-0.1, -0.05) is 6.07 Å². The fourth-order valence-electron chi connectivity index (χ4n) is 3.59.